The van der Waals surface area contributed by atoms with E-state index in [0.717, 1.165) is 18.7 Å². The summed E-state index contributed by atoms with van der Waals surface area (Å²) in [7, 11) is 1.91. The molecule has 0 aliphatic carbocycles. The predicted molar refractivity (Wildman–Crippen MR) is 78.1 cm³/mol. The molecule has 6 heteroatoms. The van der Waals surface area contributed by atoms with Crippen LogP contribution in [0.25, 0.3) is 0 Å². The van der Waals surface area contributed by atoms with Gasteiger partial charge < -0.3 is 10.0 Å². The zero-order valence-corrected chi connectivity index (χ0v) is 12.6. The fourth-order valence-electron chi connectivity index (χ4n) is 1.76. The first kappa shape index (κ1) is 16.2. The van der Waals surface area contributed by atoms with Gasteiger partial charge in [-0.3, -0.25) is 9.59 Å². The van der Waals surface area contributed by atoms with Crippen LogP contribution in [0.1, 0.15) is 33.6 Å². The number of rotatable bonds is 7. The van der Waals surface area contributed by atoms with Crippen LogP contribution >= 0.6 is 0 Å². The third-order valence-corrected chi connectivity index (χ3v) is 3.38. The summed E-state index contributed by atoms with van der Waals surface area (Å²) in [5.41, 5.74) is -0.282. The minimum Gasteiger partial charge on any atom is -0.481 e. The van der Waals surface area contributed by atoms with Crippen LogP contribution in [0.3, 0.4) is 0 Å². The molecule has 1 heterocycles. The Morgan fingerprint density at radius 3 is 2.65 bits per heavy atom. The Balaban J connectivity index is 2.79. The number of carboxylic acid groups (broad SMARTS) is 1. The number of hydrogen-bond acceptors (Lipinski definition) is 4. The number of anilines is 1. The molecule has 0 spiro atoms. The summed E-state index contributed by atoms with van der Waals surface area (Å²) < 4.78 is 1.31. The first-order valence-corrected chi connectivity index (χ1v) is 6.79. The van der Waals surface area contributed by atoms with E-state index in [1.807, 2.05) is 11.9 Å². The quantitative estimate of drug-likeness (QED) is 0.821. The Labute approximate surface area is 119 Å². The first-order chi connectivity index (χ1) is 9.27. The van der Waals surface area contributed by atoms with Crippen molar-refractivity contribution >= 4 is 11.7 Å². The van der Waals surface area contributed by atoms with Gasteiger partial charge in [0.15, 0.2) is 0 Å². The maximum absolute atomic E-state index is 12.0. The van der Waals surface area contributed by atoms with Gasteiger partial charge in [-0.05, 0) is 26.7 Å². The van der Waals surface area contributed by atoms with E-state index in [2.05, 4.69) is 12.0 Å². The summed E-state index contributed by atoms with van der Waals surface area (Å²) in [6.07, 6.45) is 3.00. The summed E-state index contributed by atoms with van der Waals surface area (Å²) in [4.78, 5) is 25.0. The molecule has 112 valence electrons. The molecule has 0 aliphatic rings. The second kappa shape index (κ2) is 6.54. The van der Waals surface area contributed by atoms with Crippen molar-refractivity contribution in [1.82, 2.24) is 9.78 Å². The Kier molecular flexibility index (Phi) is 5.30. The highest BCUT2D eigenvalue weighted by Gasteiger charge is 2.26. The highest BCUT2D eigenvalue weighted by molar-refractivity contribution is 5.73. The molecule has 1 N–H and O–H groups in total. The highest BCUT2D eigenvalue weighted by Crippen LogP contribution is 2.20. The molecule has 0 fully saturated rings. The number of aryl methyl sites for hydroxylation is 1. The average molecular weight is 281 g/mol. The number of hydrogen-bond donors (Lipinski definition) is 1. The van der Waals surface area contributed by atoms with Crippen molar-refractivity contribution < 1.29 is 9.90 Å². The molecule has 20 heavy (non-hydrogen) atoms. The van der Waals surface area contributed by atoms with Crippen LogP contribution in [0.15, 0.2) is 17.1 Å². The van der Waals surface area contributed by atoms with Crippen LogP contribution in [0.4, 0.5) is 5.69 Å². The summed E-state index contributed by atoms with van der Waals surface area (Å²) in [5.74, 6) is -0.871. The van der Waals surface area contributed by atoms with Gasteiger partial charge in [-0.25, -0.2) is 4.68 Å². The zero-order chi connectivity index (χ0) is 15.3. The van der Waals surface area contributed by atoms with Crippen LogP contribution in [0.2, 0.25) is 0 Å². The number of aromatic nitrogens is 2. The lowest BCUT2D eigenvalue weighted by Crippen LogP contribution is -2.30. The van der Waals surface area contributed by atoms with Gasteiger partial charge >= 0.3 is 5.97 Å². The Hall–Kier alpha value is -1.85. The molecule has 0 saturated heterocycles. The lowest BCUT2D eigenvalue weighted by Gasteiger charge is -2.20. The largest absolute Gasteiger partial charge is 0.481 e. The van der Waals surface area contributed by atoms with Crippen molar-refractivity contribution in [3.05, 3.63) is 22.6 Å². The van der Waals surface area contributed by atoms with Gasteiger partial charge in [0.1, 0.15) is 0 Å². The van der Waals surface area contributed by atoms with Crippen molar-refractivity contribution in [1.29, 1.82) is 0 Å². The van der Waals surface area contributed by atoms with E-state index < -0.39 is 11.4 Å². The van der Waals surface area contributed by atoms with Crippen molar-refractivity contribution in [2.45, 2.75) is 40.2 Å². The van der Waals surface area contributed by atoms with E-state index in [-0.39, 0.29) is 5.56 Å². The second-order valence-corrected chi connectivity index (χ2v) is 5.64. The summed E-state index contributed by atoms with van der Waals surface area (Å²) in [5, 5.41) is 13.2. The Bertz CT molecular complexity index is 523. The molecule has 0 amide bonds. The molecule has 1 aromatic rings. The third kappa shape index (κ3) is 4.08. The lowest BCUT2D eigenvalue weighted by atomic mass is 9.90. The van der Waals surface area contributed by atoms with Gasteiger partial charge in [0.25, 0.3) is 5.56 Å². The van der Waals surface area contributed by atoms with Crippen molar-refractivity contribution in [2.75, 3.05) is 18.5 Å². The first-order valence-electron chi connectivity index (χ1n) is 6.79. The van der Waals surface area contributed by atoms with Gasteiger partial charge in [-0.15, -0.1) is 0 Å². The maximum Gasteiger partial charge on any atom is 0.309 e. The molecular weight excluding hydrogens is 258 g/mol. The van der Waals surface area contributed by atoms with Crippen LogP contribution < -0.4 is 10.5 Å². The molecule has 1 rings (SSSR count). The minimum atomic E-state index is -0.871. The standard InChI is InChI=1S/C14H23N3O3/c1-5-7-16(4)11-9-12(18)17(15-10-11)8-6-14(2,3)13(19)20/h9-10H,5-8H2,1-4H3,(H,19,20). The smallest absolute Gasteiger partial charge is 0.309 e. The number of nitrogens with zero attached hydrogens (tertiary/aromatic N) is 3. The van der Waals surface area contributed by atoms with Gasteiger partial charge in [-0.1, -0.05) is 6.92 Å². The van der Waals surface area contributed by atoms with Gasteiger partial charge in [0.05, 0.1) is 17.3 Å². The molecule has 6 nitrogen and oxygen atoms in total. The third-order valence-electron chi connectivity index (χ3n) is 3.38. The van der Waals surface area contributed by atoms with Gasteiger partial charge in [0.2, 0.25) is 0 Å². The lowest BCUT2D eigenvalue weighted by molar-refractivity contribution is -0.147. The van der Waals surface area contributed by atoms with Crippen molar-refractivity contribution in [2.24, 2.45) is 5.41 Å². The molecule has 0 unspecified atom stereocenters. The zero-order valence-electron chi connectivity index (χ0n) is 12.6. The Morgan fingerprint density at radius 1 is 1.50 bits per heavy atom. The fourth-order valence-corrected chi connectivity index (χ4v) is 1.76. The molecular formula is C14H23N3O3. The van der Waals surface area contributed by atoms with E-state index in [9.17, 15) is 9.59 Å². The average Bonchev–Trinajstić information content (AvgIpc) is 2.37. The van der Waals surface area contributed by atoms with Crippen molar-refractivity contribution in [3.63, 3.8) is 0 Å². The maximum atomic E-state index is 12.0. The fraction of sp³-hybridized carbons (Fsp3) is 0.643. The SMILES string of the molecule is CCCN(C)c1cnn(CCC(C)(C)C(=O)O)c(=O)c1. The number of aliphatic carboxylic acids is 1. The molecule has 1 aromatic heterocycles. The normalized spacial score (nSPS) is 11.4. The second-order valence-electron chi connectivity index (χ2n) is 5.64. The predicted octanol–water partition coefficient (Wildman–Crippen LogP) is 1.59. The van der Waals surface area contributed by atoms with Gasteiger partial charge in [0, 0.05) is 26.2 Å². The molecule has 0 aromatic carbocycles. The summed E-state index contributed by atoms with van der Waals surface area (Å²) in [6.45, 7) is 6.51. The molecule has 0 saturated carbocycles. The van der Waals surface area contributed by atoms with Crippen LogP contribution in [-0.4, -0.2) is 34.4 Å². The van der Waals surface area contributed by atoms with Crippen LogP contribution in [0, 0.1) is 5.41 Å². The van der Waals surface area contributed by atoms with E-state index in [4.69, 9.17) is 5.11 Å². The van der Waals surface area contributed by atoms with Gasteiger partial charge in [-0.2, -0.15) is 5.10 Å². The molecule has 0 aliphatic heterocycles. The molecule has 0 atom stereocenters. The van der Waals surface area contributed by atoms with E-state index >= 15 is 0 Å². The number of carbonyl (C=O) groups is 1. The molecule has 0 radical (unpaired) electrons. The van der Waals surface area contributed by atoms with E-state index in [1.165, 1.54) is 10.7 Å². The number of carboxylic acids is 1. The van der Waals surface area contributed by atoms with Crippen LogP contribution in [-0.2, 0) is 11.3 Å². The van der Waals surface area contributed by atoms with E-state index in [1.54, 1.807) is 20.0 Å². The van der Waals surface area contributed by atoms with Crippen molar-refractivity contribution in [3.8, 4) is 0 Å². The Morgan fingerprint density at radius 2 is 2.15 bits per heavy atom. The van der Waals surface area contributed by atoms with Crippen LogP contribution in [0.5, 0.6) is 0 Å². The minimum absolute atomic E-state index is 0.202. The molecule has 0 bridgehead atoms. The monoisotopic (exact) mass is 281 g/mol. The topological polar surface area (TPSA) is 75.4 Å². The summed E-state index contributed by atoms with van der Waals surface area (Å²) in [6, 6.07) is 1.54. The highest BCUT2D eigenvalue weighted by atomic mass is 16.4. The van der Waals surface area contributed by atoms with E-state index in [0.29, 0.717) is 13.0 Å². The summed E-state index contributed by atoms with van der Waals surface area (Å²) >= 11 is 0.